The first-order chi connectivity index (χ1) is 14.0. The molecular formula is C24H32N2O2S. The zero-order valence-corrected chi connectivity index (χ0v) is 18.5. The number of aryl methyl sites for hydroxylation is 1. The van der Waals surface area contributed by atoms with E-state index >= 15 is 0 Å². The van der Waals surface area contributed by atoms with Crippen molar-refractivity contribution in [3.8, 4) is 0 Å². The average molecular weight is 413 g/mol. The fraction of sp³-hybridized carbons (Fsp3) is 0.417. The molecule has 5 heteroatoms. The van der Waals surface area contributed by atoms with Crippen molar-refractivity contribution in [1.29, 1.82) is 0 Å². The van der Waals surface area contributed by atoms with E-state index in [2.05, 4.69) is 18.3 Å². The molecule has 156 valence electrons. The molecule has 1 unspecified atom stereocenters. The third-order valence-corrected chi connectivity index (χ3v) is 5.75. The molecule has 0 aliphatic heterocycles. The summed E-state index contributed by atoms with van der Waals surface area (Å²) in [6.45, 7) is 7.19. The Balaban J connectivity index is 2.16. The van der Waals surface area contributed by atoms with Crippen molar-refractivity contribution in [2.45, 2.75) is 57.5 Å². The molecule has 2 rings (SSSR count). The monoisotopic (exact) mass is 412 g/mol. The molecule has 0 fully saturated rings. The van der Waals surface area contributed by atoms with Gasteiger partial charge in [0.1, 0.15) is 6.04 Å². The number of hydrogen-bond donors (Lipinski definition) is 1. The number of nitrogens with zero attached hydrogens (tertiary/aromatic N) is 1. The highest BCUT2D eigenvalue weighted by molar-refractivity contribution is 8.00. The van der Waals surface area contributed by atoms with Crippen LogP contribution in [0.5, 0.6) is 0 Å². The van der Waals surface area contributed by atoms with E-state index in [1.807, 2.05) is 62.4 Å². The number of rotatable bonds is 11. The smallest absolute Gasteiger partial charge is 0.242 e. The van der Waals surface area contributed by atoms with Gasteiger partial charge in [-0.25, -0.2) is 0 Å². The second-order valence-corrected chi connectivity index (χ2v) is 8.23. The lowest BCUT2D eigenvalue weighted by atomic mass is 10.1. The zero-order valence-electron chi connectivity index (χ0n) is 17.7. The van der Waals surface area contributed by atoms with Crippen molar-refractivity contribution in [1.82, 2.24) is 10.2 Å². The second kappa shape index (κ2) is 12.3. The lowest BCUT2D eigenvalue weighted by Gasteiger charge is -2.30. The minimum absolute atomic E-state index is 0.0159. The maximum Gasteiger partial charge on any atom is 0.242 e. The van der Waals surface area contributed by atoms with Gasteiger partial charge in [0.25, 0.3) is 0 Å². The number of carbonyl (C=O) groups is 2. The Labute approximate surface area is 179 Å². The first-order valence-corrected chi connectivity index (χ1v) is 11.3. The number of carbonyl (C=O) groups excluding carboxylic acids is 2. The molecule has 29 heavy (non-hydrogen) atoms. The molecule has 2 aromatic carbocycles. The van der Waals surface area contributed by atoms with Gasteiger partial charge in [0, 0.05) is 18.0 Å². The van der Waals surface area contributed by atoms with Crippen LogP contribution in [0.2, 0.25) is 0 Å². The Morgan fingerprint density at radius 3 is 2.48 bits per heavy atom. The number of nitrogens with one attached hydrogen (secondary N) is 1. The average Bonchev–Trinajstić information content (AvgIpc) is 2.73. The van der Waals surface area contributed by atoms with Gasteiger partial charge < -0.3 is 10.2 Å². The highest BCUT2D eigenvalue weighted by atomic mass is 32.2. The zero-order chi connectivity index (χ0) is 21.1. The van der Waals surface area contributed by atoms with Gasteiger partial charge in [-0.3, -0.25) is 9.59 Å². The van der Waals surface area contributed by atoms with Gasteiger partial charge in [0.2, 0.25) is 11.8 Å². The van der Waals surface area contributed by atoms with Crippen LogP contribution in [0.3, 0.4) is 0 Å². The molecule has 2 amide bonds. The first-order valence-electron chi connectivity index (χ1n) is 10.4. The lowest BCUT2D eigenvalue weighted by molar-refractivity contribution is -0.139. The first kappa shape index (κ1) is 23.0. The highest BCUT2D eigenvalue weighted by Crippen LogP contribution is 2.20. The Morgan fingerprint density at radius 1 is 1.07 bits per heavy atom. The lowest BCUT2D eigenvalue weighted by Crippen LogP contribution is -2.49. The highest BCUT2D eigenvalue weighted by Gasteiger charge is 2.28. The van der Waals surface area contributed by atoms with E-state index in [-0.39, 0.29) is 11.8 Å². The summed E-state index contributed by atoms with van der Waals surface area (Å²) in [6.07, 6.45) is 2.56. The molecule has 0 heterocycles. The van der Waals surface area contributed by atoms with E-state index in [9.17, 15) is 9.59 Å². The summed E-state index contributed by atoms with van der Waals surface area (Å²) in [6, 6.07) is 17.5. The van der Waals surface area contributed by atoms with Crippen molar-refractivity contribution in [3.05, 3.63) is 65.7 Å². The largest absolute Gasteiger partial charge is 0.354 e. The van der Waals surface area contributed by atoms with Crippen molar-refractivity contribution in [2.75, 3.05) is 12.3 Å². The molecule has 0 saturated carbocycles. The predicted octanol–water partition coefficient (Wildman–Crippen LogP) is 4.81. The fourth-order valence-electron chi connectivity index (χ4n) is 3.18. The van der Waals surface area contributed by atoms with E-state index < -0.39 is 6.04 Å². The minimum atomic E-state index is -0.462. The Kier molecular flexibility index (Phi) is 9.78. The van der Waals surface area contributed by atoms with Crippen molar-refractivity contribution in [3.63, 3.8) is 0 Å². The maximum absolute atomic E-state index is 13.2. The Morgan fingerprint density at radius 2 is 1.83 bits per heavy atom. The van der Waals surface area contributed by atoms with Gasteiger partial charge in [0.05, 0.1) is 5.75 Å². The van der Waals surface area contributed by atoms with Gasteiger partial charge in [-0.05, 0) is 37.5 Å². The molecule has 0 aliphatic carbocycles. The summed E-state index contributed by atoms with van der Waals surface area (Å²) in [7, 11) is 0. The standard InChI is InChI=1S/C24H32N2O2S/c1-4-6-15-25-24(28)22(5-2)26(17-20-12-10-11-19(3)16-20)23(27)18-29-21-13-8-7-9-14-21/h7-14,16,22H,4-6,15,17-18H2,1-3H3,(H,25,28). The minimum Gasteiger partial charge on any atom is -0.354 e. The molecule has 0 bridgehead atoms. The molecular weight excluding hydrogens is 380 g/mol. The van der Waals surface area contributed by atoms with Gasteiger partial charge in [-0.1, -0.05) is 68.3 Å². The molecule has 0 aliphatic rings. The maximum atomic E-state index is 13.2. The van der Waals surface area contributed by atoms with Crippen LogP contribution in [0.15, 0.2) is 59.5 Å². The van der Waals surface area contributed by atoms with E-state index in [4.69, 9.17) is 0 Å². The van der Waals surface area contributed by atoms with Crippen LogP contribution in [0.1, 0.15) is 44.2 Å². The van der Waals surface area contributed by atoms with Crippen LogP contribution >= 0.6 is 11.8 Å². The summed E-state index contributed by atoms with van der Waals surface area (Å²) in [5.74, 6) is 0.235. The number of hydrogen-bond acceptors (Lipinski definition) is 3. The van der Waals surface area contributed by atoms with Crippen LogP contribution in [-0.4, -0.2) is 35.1 Å². The van der Waals surface area contributed by atoms with Gasteiger partial charge in [0.15, 0.2) is 0 Å². The fourth-order valence-corrected chi connectivity index (χ4v) is 3.98. The van der Waals surface area contributed by atoms with E-state index in [1.165, 1.54) is 11.8 Å². The number of amides is 2. The molecule has 0 aromatic heterocycles. The van der Waals surface area contributed by atoms with Crippen molar-refractivity contribution in [2.24, 2.45) is 0 Å². The summed E-state index contributed by atoms with van der Waals surface area (Å²) in [5, 5.41) is 3.00. The summed E-state index contributed by atoms with van der Waals surface area (Å²) < 4.78 is 0. The molecule has 0 saturated heterocycles. The van der Waals surface area contributed by atoms with Crippen LogP contribution in [0, 0.1) is 6.92 Å². The Hall–Kier alpha value is -2.27. The van der Waals surface area contributed by atoms with E-state index in [0.717, 1.165) is 28.9 Å². The number of benzene rings is 2. The molecule has 2 aromatic rings. The predicted molar refractivity (Wildman–Crippen MR) is 121 cm³/mol. The van der Waals surface area contributed by atoms with E-state index in [1.54, 1.807) is 4.90 Å². The Bertz CT molecular complexity index is 779. The molecule has 4 nitrogen and oxygen atoms in total. The van der Waals surface area contributed by atoms with Crippen molar-refractivity contribution >= 4 is 23.6 Å². The quantitative estimate of drug-likeness (QED) is 0.426. The summed E-state index contributed by atoms with van der Waals surface area (Å²) >= 11 is 1.51. The number of thioether (sulfide) groups is 1. The van der Waals surface area contributed by atoms with Gasteiger partial charge in [-0.15, -0.1) is 11.8 Å². The van der Waals surface area contributed by atoms with Gasteiger partial charge >= 0.3 is 0 Å². The number of unbranched alkanes of at least 4 members (excludes halogenated alkanes) is 1. The SMILES string of the molecule is CCCCNC(=O)C(CC)N(Cc1cccc(C)c1)C(=O)CSc1ccccc1. The van der Waals surface area contributed by atoms with Crippen LogP contribution in [0.4, 0.5) is 0 Å². The second-order valence-electron chi connectivity index (χ2n) is 7.18. The van der Waals surface area contributed by atoms with E-state index in [0.29, 0.717) is 25.3 Å². The van der Waals surface area contributed by atoms with Gasteiger partial charge in [-0.2, -0.15) is 0 Å². The normalized spacial score (nSPS) is 11.7. The third-order valence-electron chi connectivity index (χ3n) is 4.76. The van der Waals surface area contributed by atoms with Crippen LogP contribution in [-0.2, 0) is 16.1 Å². The topological polar surface area (TPSA) is 49.4 Å². The van der Waals surface area contributed by atoms with Crippen LogP contribution < -0.4 is 5.32 Å². The van der Waals surface area contributed by atoms with Crippen LogP contribution in [0.25, 0.3) is 0 Å². The molecule has 0 spiro atoms. The summed E-state index contributed by atoms with van der Waals surface area (Å²) in [5.41, 5.74) is 2.19. The third kappa shape index (κ3) is 7.58. The molecule has 1 N–H and O–H groups in total. The molecule has 0 radical (unpaired) electrons. The molecule has 1 atom stereocenters. The van der Waals surface area contributed by atoms with Crippen molar-refractivity contribution < 1.29 is 9.59 Å². The summed E-state index contributed by atoms with van der Waals surface area (Å²) in [4.78, 5) is 28.8.